The van der Waals surface area contributed by atoms with E-state index >= 15 is 0 Å². The van der Waals surface area contributed by atoms with Crippen LogP contribution in [-0.4, -0.2) is 33.7 Å². The number of nitrogens with zero attached hydrogens (tertiary/aromatic N) is 2. The van der Waals surface area contributed by atoms with Crippen molar-refractivity contribution in [2.75, 3.05) is 33.9 Å². The lowest BCUT2D eigenvalue weighted by Crippen LogP contribution is -2.29. The highest BCUT2D eigenvalue weighted by Gasteiger charge is 2.18. The van der Waals surface area contributed by atoms with E-state index < -0.39 is 10.0 Å². The summed E-state index contributed by atoms with van der Waals surface area (Å²) in [5, 5.41) is 2.91. The summed E-state index contributed by atoms with van der Waals surface area (Å²) in [6, 6.07) is 23.9. The summed E-state index contributed by atoms with van der Waals surface area (Å²) in [6.45, 7) is 2.38. The predicted octanol–water partition coefficient (Wildman–Crippen LogP) is 4.51. The molecule has 0 aromatic heterocycles. The van der Waals surface area contributed by atoms with Crippen molar-refractivity contribution in [3.63, 3.8) is 0 Å². The minimum absolute atomic E-state index is 0.231. The van der Waals surface area contributed by atoms with E-state index in [0.717, 1.165) is 24.3 Å². The molecule has 1 saturated heterocycles. The van der Waals surface area contributed by atoms with Crippen LogP contribution in [0.15, 0.2) is 78.9 Å². The van der Waals surface area contributed by atoms with E-state index in [2.05, 4.69) is 10.2 Å². The van der Waals surface area contributed by atoms with Gasteiger partial charge in [0.25, 0.3) is 5.91 Å². The third kappa shape index (κ3) is 5.29. The smallest absolute Gasteiger partial charge is 0.255 e. The first-order valence-corrected chi connectivity index (χ1v) is 12.5. The van der Waals surface area contributed by atoms with Crippen molar-refractivity contribution in [3.8, 4) is 0 Å². The Morgan fingerprint density at radius 3 is 2.12 bits per heavy atom. The van der Waals surface area contributed by atoms with Crippen LogP contribution in [0, 0.1) is 0 Å². The molecule has 1 aliphatic rings. The molecule has 0 saturated carbocycles. The molecule has 1 fully saturated rings. The molecule has 0 unspecified atom stereocenters. The zero-order chi connectivity index (χ0) is 22.6. The number of carbonyl (C=O) groups is 1. The Hall–Kier alpha value is -3.32. The van der Waals surface area contributed by atoms with Crippen LogP contribution in [0.1, 0.15) is 28.8 Å². The van der Waals surface area contributed by atoms with Gasteiger partial charge in [0.2, 0.25) is 10.0 Å². The molecule has 1 aliphatic heterocycles. The topological polar surface area (TPSA) is 69.7 Å². The van der Waals surface area contributed by atoms with E-state index in [1.807, 2.05) is 54.6 Å². The van der Waals surface area contributed by atoms with Crippen molar-refractivity contribution in [1.82, 2.24) is 0 Å². The van der Waals surface area contributed by atoms with Crippen molar-refractivity contribution in [2.24, 2.45) is 0 Å². The normalized spacial score (nSPS) is 13.7. The second kappa shape index (κ2) is 9.44. The molecule has 0 spiro atoms. The van der Waals surface area contributed by atoms with Crippen LogP contribution in [0.5, 0.6) is 0 Å². The highest BCUT2D eigenvalue weighted by molar-refractivity contribution is 7.92. The van der Waals surface area contributed by atoms with Gasteiger partial charge < -0.3 is 10.2 Å². The van der Waals surface area contributed by atoms with Gasteiger partial charge in [-0.2, -0.15) is 0 Å². The number of rotatable bonds is 7. The van der Waals surface area contributed by atoms with Gasteiger partial charge in [-0.05, 0) is 66.9 Å². The van der Waals surface area contributed by atoms with E-state index in [9.17, 15) is 13.2 Å². The van der Waals surface area contributed by atoms with Gasteiger partial charge >= 0.3 is 0 Å². The third-order valence-corrected chi connectivity index (χ3v) is 6.72. The molecular formula is C25H27N3O3S. The monoisotopic (exact) mass is 449 g/mol. The average molecular weight is 450 g/mol. The minimum atomic E-state index is -3.48. The van der Waals surface area contributed by atoms with Crippen molar-refractivity contribution in [1.29, 1.82) is 0 Å². The van der Waals surface area contributed by atoms with Crippen LogP contribution in [0.4, 0.5) is 17.1 Å². The summed E-state index contributed by atoms with van der Waals surface area (Å²) in [4.78, 5) is 15.0. The third-order valence-electron chi connectivity index (χ3n) is 5.58. The molecular weight excluding hydrogens is 422 g/mol. The van der Waals surface area contributed by atoms with Crippen LogP contribution in [-0.2, 0) is 16.6 Å². The Balaban J connectivity index is 1.45. The number of carbonyl (C=O) groups excluding carboxylic acids is 1. The summed E-state index contributed by atoms with van der Waals surface area (Å²) >= 11 is 0. The summed E-state index contributed by atoms with van der Waals surface area (Å²) in [5.74, 6) is -0.237. The number of anilines is 3. The first-order valence-electron chi connectivity index (χ1n) is 10.7. The maximum atomic E-state index is 12.7. The zero-order valence-corrected chi connectivity index (χ0v) is 18.9. The summed E-state index contributed by atoms with van der Waals surface area (Å²) in [6.07, 6.45) is 3.62. The van der Waals surface area contributed by atoms with Gasteiger partial charge in [0.1, 0.15) is 0 Å². The molecule has 3 aromatic carbocycles. The molecule has 1 heterocycles. The number of sulfonamides is 1. The first-order chi connectivity index (χ1) is 15.4. The fourth-order valence-electron chi connectivity index (χ4n) is 3.86. The maximum absolute atomic E-state index is 12.7. The fourth-order valence-corrected chi connectivity index (χ4v) is 4.75. The summed E-state index contributed by atoms with van der Waals surface area (Å²) in [5.41, 5.74) is 3.76. The molecule has 4 rings (SSSR count). The van der Waals surface area contributed by atoms with Crippen LogP contribution in [0.2, 0.25) is 0 Å². The summed E-state index contributed by atoms with van der Waals surface area (Å²) < 4.78 is 26.1. The number of hydrogen-bond acceptors (Lipinski definition) is 4. The van der Waals surface area contributed by atoms with Crippen molar-refractivity contribution in [2.45, 2.75) is 19.4 Å². The lowest BCUT2D eigenvalue weighted by Gasteiger charge is -2.22. The fraction of sp³-hybridized carbons (Fsp3) is 0.240. The first kappa shape index (κ1) is 21.9. The number of amides is 1. The number of nitrogens with one attached hydrogen (secondary N) is 1. The van der Waals surface area contributed by atoms with Crippen LogP contribution < -0.4 is 14.5 Å². The SMILES string of the molecule is CS(=O)(=O)N(Cc1ccccc1)c1ccc(C(=O)Nc2ccc(N3CCCC3)cc2)cc1. The lowest BCUT2D eigenvalue weighted by atomic mass is 10.1. The van der Waals surface area contributed by atoms with Gasteiger partial charge in [0.05, 0.1) is 18.5 Å². The Labute approximate surface area is 189 Å². The average Bonchev–Trinajstić information content (AvgIpc) is 3.33. The minimum Gasteiger partial charge on any atom is -0.372 e. The Bertz CT molecular complexity index is 1160. The molecule has 3 aromatic rings. The van der Waals surface area contributed by atoms with Crippen molar-refractivity contribution in [3.05, 3.63) is 90.0 Å². The van der Waals surface area contributed by atoms with E-state index in [4.69, 9.17) is 0 Å². The van der Waals surface area contributed by atoms with Gasteiger partial charge in [0.15, 0.2) is 0 Å². The van der Waals surface area contributed by atoms with Gasteiger partial charge in [-0.25, -0.2) is 8.42 Å². The Morgan fingerprint density at radius 2 is 1.53 bits per heavy atom. The largest absolute Gasteiger partial charge is 0.372 e. The second-order valence-electron chi connectivity index (χ2n) is 8.00. The van der Waals surface area contributed by atoms with E-state index in [1.54, 1.807) is 24.3 Å². The molecule has 1 N–H and O–H groups in total. The van der Waals surface area contributed by atoms with Crippen molar-refractivity contribution >= 4 is 33.0 Å². The molecule has 0 radical (unpaired) electrons. The van der Waals surface area contributed by atoms with Gasteiger partial charge in [0, 0.05) is 30.0 Å². The molecule has 1 amide bonds. The Morgan fingerprint density at radius 1 is 0.906 bits per heavy atom. The second-order valence-corrected chi connectivity index (χ2v) is 9.90. The molecule has 7 heteroatoms. The summed E-state index contributed by atoms with van der Waals surface area (Å²) in [7, 11) is -3.48. The highest BCUT2D eigenvalue weighted by Crippen LogP contribution is 2.24. The molecule has 32 heavy (non-hydrogen) atoms. The molecule has 166 valence electrons. The molecule has 0 atom stereocenters. The van der Waals surface area contributed by atoms with E-state index in [0.29, 0.717) is 11.3 Å². The van der Waals surface area contributed by atoms with Crippen LogP contribution in [0.25, 0.3) is 0 Å². The Kier molecular flexibility index (Phi) is 6.46. The zero-order valence-electron chi connectivity index (χ0n) is 18.1. The molecule has 6 nitrogen and oxygen atoms in total. The maximum Gasteiger partial charge on any atom is 0.255 e. The highest BCUT2D eigenvalue weighted by atomic mass is 32.2. The van der Waals surface area contributed by atoms with Gasteiger partial charge in [-0.1, -0.05) is 30.3 Å². The standard InChI is InChI=1S/C25H27N3O3S/c1-32(30,31)28(19-20-7-3-2-4-8-20)24-13-9-21(10-14-24)25(29)26-22-11-15-23(16-12-22)27-17-5-6-18-27/h2-4,7-16H,5-6,17-19H2,1H3,(H,26,29). The van der Waals surface area contributed by atoms with Crippen LogP contribution in [0.3, 0.4) is 0 Å². The van der Waals surface area contributed by atoms with E-state index in [1.165, 1.54) is 29.1 Å². The lowest BCUT2D eigenvalue weighted by molar-refractivity contribution is 0.102. The predicted molar refractivity (Wildman–Crippen MR) is 130 cm³/mol. The van der Waals surface area contributed by atoms with Crippen LogP contribution >= 0.6 is 0 Å². The molecule has 0 aliphatic carbocycles. The quantitative estimate of drug-likeness (QED) is 0.576. The molecule has 0 bridgehead atoms. The number of benzene rings is 3. The van der Waals surface area contributed by atoms with Crippen molar-refractivity contribution < 1.29 is 13.2 Å². The van der Waals surface area contributed by atoms with Gasteiger partial charge in [-0.15, -0.1) is 0 Å². The number of hydrogen-bond donors (Lipinski definition) is 1. The van der Waals surface area contributed by atoms with E-state index in [-0.39, 0.29) is 12.5 Å². The van der Waals surface area contributed by atoms with Gasteiger partial charge in [-0.3, -0.25) is 9.10 Å².